The molecule has 1 fully saturated rings. The minimum absolute atomic E-state index is 0.0838. The number of hydrogen-bond donors (Lipinski definition) is 3. The van der Waals surface area contributed by atoms with Crippen LogP contribution in [-0.4, -0.2) is 23.6 Å². The van der Waals surface area contributed by atoms with Crippen LogP contribution < -0.4 is 21.1 Å². The number of carbonyl (C=O) groups excluding carboxylic acids is 2. The number of carbonyl (C=O) groups is 2. The van der Waals surface area contributed by atoms with Gasteiger partial charge in [-0.1, -0.05) is 18.7 Å². The summed E-state index contributed by atoms with van der Waals surface area (Å²) in [5.41, 5.74) is 3.95. The van der Waals surface area contributed by atoms with Crippen molar-refractivity contribution in [3.05, 3.63) is 83.7 Å². The molecule has 0 unspecified atom stereocenters. The Morgan fingerprint density at radius 1 is 1.22 bits per heavy atom. The molecule has 0 radical (unpaired) electrons. The Labute approximate surface area is 205 Å². The van der Waals surface area contributed by atoms with Gasteiger partial charge in [-0.3, -0.25) is 14.6 Å². The number of nitrogens with zero attached hydrogens (tertiary/aromatic N) is 2. The number of hydrogen-bond acceptors (Lipinski definition) is 6. The number of halogens is 3. The van der Waals surface area contributed by atoms with E-state index in [0.717, 1.165) is 18.3 Å². The summed E-state index contributed by atoms with van der Waals surface area (Å²) in [6, 6.07) is 10.8. The van der Waals surface area contributed by atoms with Crippen molar-refractivity contribution in [1.29, 1.82) is 5.26 Å². The normalized spacial score (nSPS) is 14.6. The van der Waals surface area contributed by atoms with Crippen molar-refractivity contribution in [2.45, 2.75) is 31.1 Å². The van der Waals surface area contributed by atoms with Crippen molar-refractivity contribution in [3.63, 3.8) is 0 Å². The highest BCUT2D eigenvalue weighted by molar-refractivity contribution is 6.13. The minimum atomic E-state index is -4.69. The van der Waals surface area contributed by atoms with E-state index in [1.54, 1.807) is 18.2 Å². The van der Waals surface area contributed by atoms with Crippen LogP contribution >= 0.6 is 0 Å². The molecule has 8 nitrogen and oxygen atoms in total. The van der Waals surface area contributed by atoms with E-state index in [-0.39, 0.29) is 29.3 Å². The first-order valence-corrected chi connectivity index (χ1v) is 10.7. The Morgan fingerprint density at radius 2 is 1.92 bits per heavy atom. The van der Waals surface area contributed by atoms with Crippen LogP contribution in [0.1, 0.15) is 29.5 Å². The van der Waals surface area contributed by atoms with Crippen LogP contribution in [0, 0.1) is 11.3 Å². The molecule has 0 aliphatic heterocycles. The SMILES string of the molecule is C=CN=C/C(=C\N)C(=O)NC1(C(=O)NCc2ccc(Oc3ccc(C#N)cc3C(F)(F)F)cc2)CC1. The molecule has 0 spiro atoms. The van der Waals surface area contributed by atoms with Gasteiger partial charge in [-0.05, 0) is 48.7 Å². The van der Waals surface area contributed by atoms with Crippen LogP contribution in [0.2, 0.25) is 0 Å². The number of amides is 2. The zero-order chi connectivity index (χ0) is 26.3. The van der Waals surface area contributed by atoms with Crippen molar-refractivity contribution in [3.8, 4) is 17.6 Å². The molecule has 4 N–H and O–H groups in total. The largest absolute Gasteiger partial charge is 0.457 e. The average molecular weight is 497 g/mol. The molecule has 0 bridgehead atoms. The summed E-state index contributed by atoms with van der Waals surface area (Å²) in [6.45, 7) is 3.54. The highest BCUT2D eigenvalue weighted by atomic mass is 19.4. The molecule has 186 valence electrons. The standard InChI is InChI=1S/C25H22F3N5O3/c1-2-31-15-18(13-30)22(34)33-24(9-10-24)23(35)32-14-16-3-6-19(7-4-16)36-21-8-5-17(12-29)11-20(21)25(26,27)28/h2-8,11,13,15H,1,9-10,14,30H2,(H,32,35)(H,33,34)/b18-13+,31-15?. The van der Waals surface area contributed by atoms with Crippen molar-refractivity contribution in [2.75, 3.05) is 0 Å². The second-order valence-electron chi connectivity index (χ2n) is 7.87. The smallest absolute Gasteiger partial charge is 0.420 e. The van der Waals surface area contributed by atoms with E-state index in [2.05, 4.69) is 22.2 Å². The van der Waals surface area contributed by atoms with Gasteiger partial charge in [0, 0.05) is 25.2 Å². The number of rotatable bonds is 9. The Kier molecular flexibility index (Phi) is 7.79. The Balaban J connectivity index is 1.61. The molecule has 1 saturated carbocycles. The van der Waals surface area contributed by atoms with Crippen molar-refractivity contribution in [2.24, 2.45) is 10.7 Å². The number of nitriles is 1. The van der Waals surface area contributed by atoms with Crippen LogP contribution in [0.25, 0.3) is 0 Å². The zero-order valence-electron chi connectivity index (χ0n) is 18.9. The van der Waals surface area contributed by atoms with Crippen LogP contribution in [0.3, 0.4) is 0 Å². The molecular formula is C25H22F3N5O3. The first kappa shape index (κ1) is 26.0. The van der Waals surface area contributed by atoms with E-state index >= 15 is 0 Å². The van der Waals surface area contributed by atoms with Gasteiger partial charge < -0.3 is 21.1 Å². The van der Waals surface area contributed by atoms with E-state index in [1.807, 2.05) is 0 Å². The molecule has 0 heterocycles. The van der Waals surface area contributed by atoms with Gasteiger partial charge in [0.2, 0.25) is 5.91 Å². The van der Waals surface area contributed by atoms with Gasteiger partial charge in [0.25, 0.3) is 5.91 Å². The van der Waals surface area contributed by atoms with E-state index in [9.17, 15) is 22.8 Å². The third-order valence-electron chi connectivity index (χ3n) is 5.32. The summed E-state index contributed by atoms with van der Waals surface area (Å²) in [5.74, 6) is -1.20. The quantitative estimate of drug-likeness (QED) is 0.359. The second-order valence-corrected chi connectivity index (χ2v) is 7.87. The van der Waals surface area contributed by atoms with Gasteiger partial charge in [-0.25, -0.2) is 0 Å². The Morgan fingerprint density at radius 3 is 2.47 bits per heavy atom. The Bertz CT molecular complexity index is 1260. The highest BCUT2D eigenvalue weighted by Gasteiger charge is 2.51. The molecule has 0 saturated heterocycles. The fourth-order valence-corrected chi connectivity index (χ4v) is 3.20. The maximum absolute atomic E-state index is 13.3. The van der Waals surface area contributed by atoms with Crippen LogP contribution in [0.15, 0.2) is 72.0 Å². The van der Waals surface area contributed by atoms with Crippen LogP contribution in [-0.2, 0) is 22.3 Å². The molecular weight excluding hydrogens is 475 g/mol. The van der Waals surface area contributed by atoms with E-state index < -0.39 is 28.9 Å². The number of alkyl halides is 3. The van der Waals surface area contributed by atoms with Gasteiger partial charge in [-0.2, -0.15) is 18.4 Å². The van der Waals surface area contributed by atoms with Gasteiger partial charge >= 0.3 is 6.18 Å². The average Bonchev–Trinajstić information content (AvgIpc) is 3.64. The lowest BCUT2D eigenvalue weighted by molar-refractivity contribution is -0.138. The first-order valence-electron chi connectivity index (χ1n) is 10.7. The number of benzene rings is 2. The van der Waals surface area contributed by atoms with Crippen molar-refractivity contribution in [1.82, 2.24) is 10.6 Å². The van der Waals surface area contributed by atoms with Crippen molar-refractivity contribution >= 4 is 18.0 Å². The third-order valence-corrected chi connectivity index (χ3v) is 5.32. The van der Waals surface area contributed by atoms with Crippen LogP contribution in [0.5, 0.6) is 11.5 Å². The zero-order valence-corrected chi connectivity index (χ0v) is 18.9. The maximum atomic E-state index is 13.3. The lowest BCUT2D eigenvalue weighted by atomic mass is 10.1. The minimum Gasteiger partial charge on any atom is -0.457 e. The second kappa shape index (κ2) is 10.8. The molecule has 11 heteroatoms. The van der Waals surface area contributed by atoms with Gasteiger partial charge in [-0.15, -0.1) is 0 Å². The summed E-state index contributed by atoms with van der Waals surface area (Å²) in [5, 5.41) is 14.3. The lowest BCUT2D eigenvalue weighted by Gasteiger charge is -2.17. The molecule has 2 amide bonds. The first-order chi connectivity index (χ1) is 17.1. The number of aliphatic imine (C=N–C) groups is 1. The van der Waals surface area contributed by atoms with Crippen LogP contribution in [0.4, 0.5) is 13.2 Å². The van der Waals surface area contributed by atoms with E-state index in [1.165, 1.54) is 30.6 Å². The van der Waals surface area contributed by atoms with Crippen molar-refractivity contribution < 1.29 is 27.5 Å². The molecule has 36 heavy (non-hydrogen) atoms. The lowest BCUT2D eigenvalue weighted by Crippen LogP contribution is -2.49. The fraction of sp³-hybridized carbons (Fsp3) is 0.200. The monoisotopic (exact) mass is 497 g/mol. The predicted octanol–water partition coefficient (Wildman–Crippen LogP) is 3.69. The molecule has 1 aliphatic rings. The fourth-order valence-electron chi connectivity index (χ4n) is 3.20. The Hall–Kier alpha value is -4.59. The summed E-state index contributed by atoms with van der Waals surface area (Å²) in [7, 11) is 0. The highest BCUT2D eigenvalue weighted by Crippen LogP contribution is 2.39. The van der Waals surface area contributed by atoms with E-state index in [4.69, 9.17) is 15.7 Å². The van der Waals surface area contributed by atoms with E-state index in [0.29, 0.717) is 18.4 Å². The van der Waals surface area contributed by atoms with Gasteiger partial charge in [0.05, 0.1) is 22.8 Å². The molecule has 2 aromatic rings. The van der Waals surface area contributed by atoms with Gasteiger partial charge in [0.15, 0.2) is 0 Å². The summed E-state index contributed by atoms with van der Waals surface area (Å²) < 4.78 is 45.4. The molecule has 1 aliphatic carbocycles. The maximum Gasteiger partial charge on any atom is 0.420 e. The molecule has 3 rings (SSSR count). The summed E-state index contributed by atoms with van der Waals surface area (Å²) >= 11 is 0. The number of nitrogens with one attached hydrogen (secondary N) is 2. The summed E-state index contributed by atoms with van der Waals surface area (Å²) in [6.07, 6.45) is -0.225. The topological polar surface area (TPSA) is 130 Å². The predicted molar refractivity (Wildman–Crippen MR) is 126 cm³/mol. The molecule has 0 aromatic heterocycles. The number of ether oxygens (including phenoxy) is 1. The third kappa shape index (κ3) is 6.29. The molecule has 0 atom stereocenters. The number of nitrogens with two attached hydrogens (primary N) is 1. The molecule has 2 aromatic carbocycles. The summed E-state index contributed by atoms with van der Waals surface area (Å²) in [4.78, 5) is 28.8. The van der Waals surface area contributed by atoms with Gasteiger partial charge in [0.1, 0.15) is 17.0 Å².